The maximum atomic E-state index is 13.4. The van der Waals surface area contributed by atoms with Gasteiger partial charge in [0.15, 0.2) is 10.9 Å². The van der Waals surface area contributed by atoms with Crippen LogP contribution in [0.1, 0.15) is 42.1 Å². The average molecular weight is 539 g/mol. The van der Waals surface area contributed by atoms with E-state index in [0.29, 0.717) is 54.6 Å². The lowest BCUT2D eigenvalue weighted by atomic mass is 9.76. The number of Topliss-reactive ketones (excluding diaryl/α,β-unsaturated/α-hetero) is 1. The summed E-state index contributed by atoms with van der Waals surface area (Å²) in [6.45, 7) is 4.82. The van der Waals surface area contributed by atoms with Gasteiger partial charge in [0.2, 0.25) is 11.8 Å². The zero-order valence-electron chi connectivity index (χ0n) is 20.9. The first kappa shape index (κ1) is 25.7. The van der Waals surface area contributed by atoms with Gasteiger partial charge in [0.1, 0.15) is 0 Å². The minimum Gasteiger partial charge on any atom is -0.368 e. The summed E-state index contributed by atoms with van der Waals surface area (Å²) in [6.07, 6.45) is 2.01. The fourth-order valence-electron chi connectivity index (χ4n) is 5.66. The molecule has 1 N–H and O–H groups in total. The summed E-state index contributed by atoms with van der Waals surface area (Å²) in [5.74, 6) is 0.0000928. The van der Waals surface area contributed by atoms with E-state index >= 15 is 0 Å². The number of amides is 2. The Morgan fingerprint density at radius 3 is 2.32 bits per heavy atom. The van der Waals surface area contributed by atoms with Crippen molar-refractivity contribution in [2.24, 2.45) is 11.8 Å². The van der Waals surface area contributed by atoms with E-state index < -0.39 is 0 Å². The van der Waals surface area contributed by atoms with Crippen molar-refractivity contribution in [1.82, 2.24) is 15.1 Å². The topological polar surface area (TPSA) is 73.0 Å². The van der Waals surface area contributed by atoms with Crippen LogP contribution in [0.15, 0.2) is 48.5 Å². The molecule has 5 rings (SSSR count). The van der Waals surface area contributed by atoms with Crippen LogP contribution in [0.4, 0.5) is 5.69 Å². The van der Waals surface area contributed by atoms with E-state index in [9.17, 15) is 14.4 Å². The van der Waals surface area contributed by atoms with E-state index in [-0.39, 0.29) is 35.5 Å². The SMILES string of the molecule is CC(=O)c1ccc(N2CCN(C(=O)C3CCC4C(=O)N(Cc5ccc(Cl)cc5)C(=S)NC4C3)CC2)cc1. The van der Waals surface area contributed by atoms with Crippen LogP contribution in [0.25, 0.3) is 0 Å². The molecule has 3 unspecified atom stereocenters. The smallest absolute Gasteiger partial charge is 0.234 e. The molecule has 2 aliphatic heterocycles. The van der Waals surface area contributed by atoms with Gasteiger partial charge >= 0.3 is 0 Å². The highest BCUT2D eigenvalue weighted by Gasteiger charge is 2.44. The Hall–Kier alpha value is -2.97. The zero-order chi connectivity index (χ0) is 26.1. The Balaban J connectivity index is 1.15. The number of rotatable bonds is 5. The number of nitrogens with zero attached hydrogens (tertiary/aromatic N) is 3. The number of anilines is 1. The van der Waals surface area contributed by atoms with Crippen molar-refractivity contribution in [3.05, 3.63) is 64.7 Å². The van der Waals surface area contributed by atoms with Crippen molar-refractivity contribution < 1.29 is 14.4 Å². The van der Waals surface area contributed by atoms with E-state index in [2.05, 4.69) is 10.2 Å². The number of nitrogens with one attached hydrogen (secondary N) is 1. The molecular weight excluding hydrogens is 508 g/mol. The van der Waals surface area contributed by atoms with E-state index in [4.69, 9.17) is 23.8 Å². The number of hydrogen-bond acceptors (Lipinski definition) is 5. The fourth-order valence-corrected chi connectivity index (χ4v) is 6.09. The lowest BCUT2D eigenvalue weighted by Crippen LogP contribution is -2.62. The molecule has 0 aromatic heterocycles. The molecule has 1 aliphatic carbocycles. The van der Waals surface area contributed by atoms with Crippen molar-refractivity contribution in [2.45, 2.75) is 38.8 Å². The second kappa shape index (κ2) is 10.8. The van der Waals surface area contributed by atoms with Gasteiger partial charge < -0.3 is 15.1 Å². The molecule has 2 aromatic carbocycles. The van der Waals surface area contributed by atoms with E-state index in [1.54, 1.807) is 11.8 Å². The summed E-state index contributed by atoms with van der Waals surface area (Å²) in [4.78, 5) is 44.1. The normalized spacial score (nSPS) is 23.9. The summed E-state index contributed by atoms with van der Waals surface area (Å²) in [5.41, 5.74) is 2.74. The molecule has 2 aromatic rings. The van der Waals surface area contributed by atoms with Crippen molar-refractivity contribution in [3.8, 4) is 0 Å². The maximum absolute atomic E-state index is 13.4. The van der Waals surface area contributed by atoms with Crippen molar-refractivity contribution >= 4 is 52.2 Å². The average Bonchev–Trinajstić information content (AvgIpc) is 2.91. The van der Waals surface area contributed by atoms with Crippen LogP contribution in [0.3, 0.4) is 0 Å². The van der Waals surface area contributed by atoms with Gasteiger partial charge in [-0.15, -0.1) is 0 Å². The number of ketones is 1. The van der Waals surface area contributed by atoms with E-state index in [1.165, 1.54) is 0 Å². The molecule has 0 radical (unpaired) electrons. The van der Waals surface area contributed by atoms with Gasteiger partial charge in [-0.05, 0) is 80.4 Å². The predicted octanol–water partition coefficient (Wildman–Crippen LogP) is 3.89. The second-order valence-corrected chi connectivity index (χ2v) is 11.0. The standard InChI is InChI=1S/C28H31ClN4O3S/c1-18(34)20-4-9-23(10-5-20)31-12-14-32(15-13-31)26(35)21-6-11-24-25(16-21)30-28(37)33(27(24)36)17-19-2-7-22(29)8-3-19/h2-5,7-10,21,24-25H,6,11-17H2,1H3,(H,30,37). The molecule has 2 saturated heterocycles. The number of carbonyl (C=O) groups is 3. The number of piperazine rings is 1. The summed E-state index contributed by atoms with van der Waals surface area (Å²) in [5, 5.41) is 4.45. The third-order valence-electron chi connectivity index (χ3n) is 7.82. The first-order valence-electron chi connectivity index (χ1n) is 12.8. The quantitative estimate of drug-likeness (QED) is 0.460. The Labute approximate surface area is 227 Å². The Kier molecular flexibility index (Phi) is 7.49. The molecule has 37 heavy (non-hydrogen) atoms. The fraction of sp³-hybridized carbons (Fsp3) is 0.429. The summed E-state index contributed by atoms with van der Waals surface area (Å²) in [7, 11) is 0. The van der Waals surface area contributed by atoms with Crippen molar-refractivity contribution in [1.29, 1.82) is 0 Å². The van der Waals surface area contributed by atoms with Crippen LogP contribution in [-0.4, -0.2) is 64.7 Å². The van der Waals surface area contributed by atoms with E-state index in [1.807, 2.05) is 53.4 Å². The van der Waals surface area contributed by atoms with Crippen LogP contribution >= 0.6 is 23.8 Å². The number of thiocarbonyl (C=S) groups is 1. The molecule has 9 heteroatoms. The summed E-state index contributed by atoms with van der Waals surface area (Å²) in [6, 6.07) is 15.0. The molecule has 1 saturated carbocycles. The number of fused-ring (bicyclic) bond motifs is 1. The van der Waals surface area contributed by atoms with Crippen LogP contribution in [0.5, 0.6) is 0 Å². The highest BCUT2D eigenvalue weighted by molar-refractivity contribution is 7.80. The minimum atomic E-state index is -0.169. The maximum Gasteiger partial charge on any atom is 0.234 e. The molecule has 7 nitrogen and oxygen atoms in total. The molecule has 2 heterocycles. The van der Waals surface area contributed by atoms with Gasteiger partial charge in [0.25, 0.3) is 0 Å². The molecule has 3 fully saturated rings. The van der Waals surface area contributed by atoms with E-state index in [0.717, 1.165) is 24.3 Å². The third-order valence-corrected chi connectivity index (χ3v) is 8.41. The van der Waals surface area contributed by atoms with Gasteiger partial charge in [-0.3, -0.25) is 19.3 Å². The summed E-state index contributed by atoms with van der Waals surface area (Å²) < 4.78 is 0. The van der Waals surface area contributed by atoms with Gasteiger partial charge in [-0.1, -0.05) is 23.7 Å². The Bertz CT molecular complexity index is 1190. The van der Waals surface area contributed by atoms with Gasteiger partial charge in [-0.2, -0.15) is 0 Å². The Morgan fingerprint density at radius 2 is 1.68 bits per heavy atom. The first-order valence-corrected chi connectivity index (χ1v) is 13.6. The molecule has 194 valence electrons. The molecule has 3 aliphatic rings. The van der Waals surface area contributed by atoms with Crippen molar-refractivity contribution in [2.75, 3.05) is 31.1 Å². The third kappa shape index (κ3) is 5.50. The van der Waals surface area contributed by atoms with Crippen LogP contribution in [-0.2, 0) is 16.1 Å². The molecule has 2 amide bonds. The van der Waals surface area contributed by atoms with Crippen LogP contribution in [0.2, 0.25) is 5.02 Å². The van der Waals surface area contributed by atoms with Crippen LogP contribution in [0, 0.1) is 11.8 Å². The highest BCUT2D eigenvalue weighted by Crippen LogP contribution is 2.35. The van der Waals surface area contributed by atoms with Crippen molar-refractivity contribution in [3.63, 3.8) is 0 Å². The van der Waals surface area contributed by atoms with Gasteiger partial charge in [-0.25, -0.2) is 0 Å². The lowest BCUT2D eigenvalue weighted by Gasteiger charge is -2.45. The van der Waals surface area contributed by atoms with Gasteiger partial charge in [0.05, 0.1) is 12.5 Å². The monoisotopic (exact) mass is 538 g/mol. The number of carbonyl (C=O) groups excluding carboxylic acids is 3. The summed E-state index contributed by atoms with van der Waals surface area (Å²) >= 11 is 11.5. The van der Waals surface area contributed by atoms with Crippen LogP contribution < -0.4 is 10.2 Å². The molecular formula is C28H31ClN4O3S. The Morgan fingerprint density at radius 1 is 1.00 bits per heavy atom. The predicted molar refractivity (Wildman–Crippen MR) is 148 cm³/mol. The largest absolute Gasteiger partial charge is 0.368 e. The number of halogens is 1. The first-order chi connectivity index (χ1) is 17.8. The minimum absolute atomic E-state index is 0.0407. The number of benzene rings is 2. The molecule has 0 bridgehead atoms. The zero-order valence-corrected chi connectivity index (χ0v) is 22.4. The number of hydrogen-bond donors (Lipinski definition) is 1. The highest BCUT2D eigenvalue weighted by atomic mass is 35.5. The molecule has 0 spiro atoms. The molecule has 3 atom stereocenters. The lowest BCUT2D eigenvalue weighted by molar-refractivity contribution is -0.142. The second-order valence-electron chi connectivity index (χ2n) is 10.1. The van der Waals surface area contributed by atoms with Gasteiger partial charge in [0, 0.05) is 54.4 Å².